The molecule has 1 aliphatic heterocycles. The molecule has 0 aromatic heterocycles. The maximum absolute atomic E-state index is 13.0. The van der Waals surface area contributed by atoms with Gasteiger partial charge in [0.05, 0.1) is 6.54 Å². The van der Waals surface area contributed by atoms with E-state index >= 15 is 0 Å². The van der Waals surface area contributed by atoms with Gasteiger partial charge in [0.2, 0.25) is 5.91 Å². The van der Waals surface area contributed by atoms with Gasteiger partial charge in [-0.15, -0.1) is 0 Å². The number of nitrogens with two attached hydrogens (primary N) is 1. The van der Waals surface area contributed by atoms with E-state index in [9.17, 15) is 9.18 Å². The van der Waals surface area contributed by atoms with Crippen LogP contribution < -0.4 is 21.1 Å². The van der Waals surface area contributed by atoms with Gasteiger partial charge in [0.25, 0.3) is 0 Å². The van der Waals surface area contributed by atoms with Crippen molar-refractivity contribution in [2.45, 2.75) is 45.6 Å². The van der Waals surface area contributed by atoms with Crippen molar-refractivity contribution in [2.75, 3.05) is 39.3 Å². The molecule has 0 bridgehead atoms. The van der Waals surface area contributed by atoms with Gasteiger partial charge in [-0.1, -0.05) is 0 Å². The number of nitrogens with zero attached hydrogens (tertiary/aromatic N) is 2. The Labute approximate surface area is 179 Å². The van der Waals surface area contributed by atoms with Gasteiger partial charge in [-0.3, -0.25) is 4.79 Å². The first kappa shape index (κ1) is 23.9. The van der Waals surface area contributed by atoms with E-state index in [2.05, 4.69) is 20.5 Å². The van der Waals surface area contributed by atoms with Crippen molar-refractivity contribution in [2.24, 2.45) is 16.6 Å². The Morgan fingerprint density at radius 1 is 1.27 bits per heavy atom. The standard InChI is InChI=1S/C22H36FN5O2/c1-3-25-22(27-16-17(2)30-20-8-6-19(23)7-9-20)26-12-4-5-13-28-14-10-18(11-15-28)21(24)29/h6-9,17-18H,3-5,10-16H2,1-2H3,(H2,24,29)(H2,25,26,27). The number of carbonyl (C=O) groups is 1. The van der Waals surface area contributed by atoms with Crippen LogP contribution in [-0.2, 0) is 4.79 Å². The zero-order valence-corrected chi connectivity index (χ0v) is 18.2. The van der Waals surface area contributed by atoms with E-state index in [4.69, 9.17) is 10.5 Å². The zero-order valence-electron chi connectivity index (χ0n) is 18.2. The van der Waals surface area contributed by atoms with Crippen LogP contribution in [-0.4, -0.2) is 62.1 Å². The molecule has 1 aliphatic rings. The van der Waals surface area contributed by atoms with Crippen molar-refractivity contribution in [3.8, 4) is 5.75 Å². The zero-order chi connectivity index (χ0) is 21.8. The van der Waals surface area contributed by atoms with Crippen LogP contribution in [0.25, 0.3) is 0 Å². The lowest BCUT2D eigenvalue weighted by Crippen LogP contribution is -2.40. The molecule has 1 fully saturated rings. The van der Waals surface area contributed by atoms with Crippen molar-refractivity contribution in [3.63, 3.8) is 0 Å². The van der Waals surface area contributed by atoms with Gasteiger partial charge in [0, 0.05) is 19.0 Å². The molecule has 1 saturated heterocycles. The number of piperidine rings is 1. The fourth-order valence-corrected chi connectivity index (χ4v) is 3.45. The van der Waals surface area contributed by atoms with Crippen molar-refractivity contribution in [3.05, 3.63) is 30.1 Å². The molecule has 0 spiro atoms. The molecule has 1 unspecified atom stereocenters. The van der Waals surface area contributed by atoms with E-state index in [1.165, 1.54) is 12.1 Å². The van der Waals surface area contributed by atoms with Crippen molar-refractivity contribution in [1.82, 2.24) is 15.5 Å². The van der Waals surface area contributed by atoms with E-state index in [1.54, 1.807) is 12.1 Å². The lowest BCUT2D eigenvalue weighted by atomic mass is 9.96. The summed E-state index contributed by atoms with van der Waals surface area (Å²) in [5, 5.41) is 6.61. The average Bonchev–Trinajstić information content (AvgIpc) is 2.73. The Morgan fingerprint density at radius 2 is 1.97 bits per heavy atom. The average molecular weight is 422 g/mol. The van der Waals surface area contributed by atoms with Gasteiger partial charge in [-0.25, -0.2) is 9.38 Å². The molecule has 4 N–H and O–H groups in total. The number of halogens is 1. The van der Waals surface area contributed by atoms with Gasteiger partial charge in [0.15, 0.2) is 5.96 Å². The predicted octanol–water partition coefficient (Wildman–Crippen LogP) is 2.13. The largest absolute Gasteiger partial charge is 0.489 e. The van der Waals surface area contributed by atoms with E-state index in [0.29, 0.717) is 12.3 Å². The third kappa shape index (κ3) is 8.98. The number of primary amides is 1. The normalized spacial score (nSPS) is 16.8. The fourth-order valence-electron chi connectivity index (χ4n) is 3.45. The Kier molecular flexibility index (Phi) is 10.4. The first-order chi connectivity index (χ1) is 14.5. The molecule has 30 heavy (non-hydrogen) atoms. The second-order valence-electron chi connectivity index (χ2n) is 7.75. The SMILES string of the molecule is CCNC(=NCC(C)Oc1ccc(F)cc1)NCCCCN1CCC(C(N)=O)CC1. The van der Waals surface area contributed by atoms with E-state index in [0.717, 1.165) is 64.4 Å². The molecule has 1 heterocycles. The molecule has 8 heteroatoms. The Bertz CT molecular complexity index is 660. The summed E-state index contributed by atoms with van der Waals surface area (Å²) >= 11 is 0. The highest BCUT2D eigenvalue weighted by molar-refractivity contribution is 5.79. The molecule has 0 aliphatic carbocycles. The van der Waals surface area contributed by atoms with Gasteiger partial charge in [0.1, 0.15) is 17.7 Å². The molecular formula is C22H36FN5O2. The molecule has 1 amide bonds. The maximum Gasteiger partial charge on any atom is 0.220 e. The number of likely N-dealkylation sites (tertiary alicyclic amines) is 1. The molecule has 7 nitrogen and oxygen atoms in total. The van der Waals surface area contributed by atoms with Gasteiger partial charge < -0.3 is 26.0 Å². The van der Waals surface area contributed by atoms with Crippen molar-refractivity contribution in [1.29, 1.82) is 0 Å². The molecule has 1 atom stereocenters. The van der Waals surface area contributed by atoms with Crippen LogP contribution >= 0.6 is 0 Å². The molecule has 0 radical (unpaired) electrons. The molecule has 0 saturated carbocycles. The second-order valence-corrected chi connectivity index (χ2v) is 7.75. The van der Waals surface area contributed by atoms with E-state index < -0.39 is 0 Å². The monoisotopic (exact) mass is 421 g/mol. The van der Waals surface area contributed by atoms with Gasteiger partial charge in [-0.2, -0.15) is 0 Å². The number of hydrogen-bond donors (Lipinski definition) is 3. The number of aliphatic imine (C=N–C) groups is 1. The summed E-state index contributed by atoms with van der Waals surface area (Å²) in [4.78, 5) is 18.2. The van der Waals surface area contributed by atoms with E-state index in [-0.39, 0.29) is 23.7 Å². The quantitative estimate of drug-likeness (QED) is 0.289. The summed E-state index contributed by atoms with van der Waals surface area (Å²) in [6.07, 6.45) is 3.78. The van der Waals surface area contributed by atoms with Crippen LogP contribution in [0.1, 0.15) is 39.5 Å². The lowest BCUT2D eigenvalue weighted by molar-refractivity contribution is -0.123. The Hall–Kier alpha value is -2.35. The number of guanidine groups is 1. The molecule has 2 rings (SSSR count). The minimum absolute atomic E-state index is 0.0521. The minimum atomic E-state index is -0.276. The van der Waals surface area contributed by atoms with Gasteiger partial charge >= 0.3 is 0 Å². The van der Waals surface area contributed by atoms with Crippen LogP contribution in [0, 0.1) is 11.7 Å². The summed E-state index contributed by atoms with van der Waals surface area (Å²) in [6, 6.07) is 6.01. The molecule has 168 valence electrons. The number of unbranched alkanes of at least 4 members (excludes halogenated alkanes) is 1. The number of benzene rings is 1. The summed E-state index contributed by atoms with van der Waals surface area (Å²) in [5.74, 6) is 1.02. The van der Waals surface area contributed by atoms with Crippen LogP contribution in [0.2, 0.25) is 0 Å². The number of amides is 1. The van der Waals surface area contributed by atoms with Crippen LogP contribution in [0.15, 0.2) is 29.3 Å². The summed E-state index contributed by atoms with van der Waals surface area (Å²) in [6.45, 7) is 9.06. The molecular weight excluding hydrogens is 385 g/mol. The number of rotatable bonds is 11. The van der Waals surface area contributed by atoms with Crippen molar-refractivity contribution >= 4 is 11.9 Å². The number of carbonyl (C=O) groups excluding carboxylic acids is 1. The number of nitrogens with one attached hydrogen (secondary N) is 2. The van der Waals surface area contributed by atoms with Crippen LogP contribution in [0.4, 0.5) is 4.39 Å². The van der Waals surface area contributed by atoms with Crippen LogP contribution in [0.5, 0.6) is 5.75 Å². The molecule has 1 aromatic carbocycles. The van der Waals surface area contributed by atoms with Crippen molar-refractivity contribution < 1.29 is 13.9 Å². The second kappa shape index (κ2) is 13.1. The first-order valence-corrected chi connectivity index (χ1v) is 10.9. The summed E-state index contributed by atoms with van der Waals surface area (Å²) in [7, 11) is 0. The Morgan fingerprint density at radius 3 is 2.60 bits per heavy atom. The molecule has 1 aromatic rings. The highest BCUT2D eigenvalue weighted by Gasteiger charge is 2.22. The summed E-state index contributed by atoms with van der Waals surface area (Å²) in [5.41, 5.74) is 5.39. The van der Waals surface area contributed by atoms with E-state index in [1.807, 2.05) is 13.8 Å². The minimum Gasteiger partial charge on any atom is -0.489 e. The summed E-state index contributed by atoms with van der Waals surface area (Å²) < 4.78 is 18.7. The first-order valence-electron chi connectivity index (χ1n) is 10.9. The third-order valence-electron chi connectivity index (χ3n) is 5.19. The third-order valence-corrected chi connectivity index (χ3v) is 5.19. The predicted molar refractivity (Wildman–Crippen MR) is 118 cm³/mol. The number of hydrogen-bond acceptors (Lipinski definition) is 4. The van der Waals surface area contributed by atoms with Gasteiger partial charge in [-0.05, 0) is 83.4 Å². The van der Waals surface area contributed by atoms with Crippen LogP contribution in [0.3, 0.4) is 0 Å². The highest BCUT2D eigenvalue weighted by Crippen LogP contribution is 2.16. The Balaban J connectivity index is 1.63. The smallest absolute Gasteiger partial charge is 0.220 e. The lowest BCUT2D eigenvalue weighted by Gasteiger charge is -2.30. The maximum atomic E-state index is 13.0. The fraction of sp³-hybridized carbons (Fsp3) is 0.636. The number of ether oxygens (including phenoxy) is 1. The topological polar surface area (TPSA) is 92.0 Å². The highest BCUT2D eigenvalue weighted by atomic mass is 19.1.